The van der Waals surface area contributed by atoms with Gasteiger partial charge < -0.3 is 4.74 Å². The number of hydrogen-bond donors (Lipinski definition) is 0. The first-order valence-corrected chi connectivity index (χ1v) is 6.91. The highest BCUT2D eigenvalue weighted by atomic mass is 16.5. The van der Waals surface area contributed by atoms with Gasteiger partial charge in [-0.25, -0.2) is 0 Å². The maximum absolute atomic E-state index is 5.74. The van der Waals surface area contributed by atoms with E-state index < -0.39 is 0 Å². The molecule has 0 aromatic heterocycles. The van der Waals surface area contributed by atoms with Crippen LogP contribution in [-0.2, 0) is 11.3 Å². The smallest absolute Gasteiger partial charge is 0.0753 e. The molecule has 1 aromatic carbocycles. The molecule has 100 valence electrons. The van der Waals surface area contributed by atoms with Gasteiger partial charge in [0.15, 0.2) is 0 Å². The van der Waals surface area contributed by atoms with Gasteiger partial charge >= 0.3 is 0 Å². The highest BCUT2D eigenvalue weighted by Gasteiger charge is 2.26. The first-order chi connectivity index (χ1) is 8.46. The Balaban J connectivity index is 1.97. The summed E-state index contributed by atoms with van der Waals surface area (Å²) < 4.78 is 5.74. The zero-order valence-electron chi connectivity index (χ0n) is 12.1. The monoisotopic (exact) mass is 247 g/mol. The molecule has 2 nitrogen and oxygen atoms in total. The van der Waals surface area contributed by atoms with Crippen LogP contribution in [0.25, 0.3) is 0 Å². The van der Waals surface area contributed by atoms with Gasteiger partial charge in [0.05, 0.1) is 12.2 Å². The predicted molar refractivity (Wildman–Crippen MR) is 75.8 cm³/mol. The zero-order valence-corrected chi connectivity index (χ0v) is 12.1. The van der Waals surface area contributed by atoms with Crippen LogP contribution < -0.4 is 0 Å². The van der Waals surface area contributed by atoms with E-state index >= 15 is 0 Å². The first kappa shape index (κ1) is 13.6. The van der Waals surface area contributed by atoms with Crippen LogP contribution >= 0.6 is 0 Å². The van der Waals surface area contributed by atoms with Crippen molar-refractivity contribution in [1.82, 2.24) is 4.90 Å². The van der Waals surface area contributed by atoms with Gasteiger partial charge in [0.1, 0.15) is 0 Å². The number of nitrogens with zero attached hydrogens (tertiary/aromatic N) is 1. The Labute approximate surface area is 111 Å². The minimum atomic E-state index is -0.00385. The van der Waals surface area contributed by atoms with Crippen molar-refractivity contribution in [3.63, 3.8) is 0 Å². The lowest BCUT2D eigenvalue weighted by Gasteiger charge is -2.38. The van der Waals surface area contributed by atoms with Gasteiger partial charge in [-0.1, -0.05) is 38.1 Å². The van der Waals surface area contributed by atoms with Crippen LogP contribution in [0.3, 0.4) is 0 Å². The first-order valence-electron chi connectivity index (χ1n) is 6.91. The van der Waals surface area contributed by atoms with E-state index in [1.165, 1.54) is 11.1 Å². The van der Waals surface area contributed by atoms with Crippen molar-refractivity contribution in [2.75, 3.05) is 19.7 Å². The summed E-state index contributed by atoms with van der Waals surface area (Å²) in [4.78, 5) is 2.48. The SMILES string of the molecule is CC(C)c1ccc(CN2CCOC(C)(C)C2)cc1. The van der Waals surface area contributed by atoms with Gasteiger partial charge in [0, 0.05) is 19.6 Å². The van der Waals surface area contributed by atoms with E-state index in [0.29, 0.717) is 5.92 Å². The van der Waals surface area contributed by atoms with Crippen molar-refractivity contribution < 1.29 is 4.74 Å². The molecule has 0 aliphatic carbocycles. The van der Waals surface area contributed by atoms with E-state index in [-0.39, 0.29) is 5.60 Å². The number of hydrogen-bond acceptors (Lipinski definition) is 2. The van der Waals surface area contributed by atoms with Crippen molar-refractivity contribution in [3.05, 3.63) is 35.4 Å². The van der Waals surface area contributed by atoms with E-state index in [1.807, 2.05) is 0 Å². The number of morpholine rings is 1. The van der Waals surface area contributed by atoms with Crippen molar-refractivity contribution in [2.24, 2.45) is 0 Å². The third kappa shape index (κ3) is 3.56. The summed E-state index contributed by atoms with van der Waals surface area (Å²) in [5.74, 6) is 0.612. The second-order valence-electron chi connectivity index (χ2n) is 6.22. The molecule has 0 amide bonds. The molecular formula is C16H25NO. The summed E-state index contributed by atoms with van der Waals surface area (Å²) in [6, 6.07) is 9.03. The average Bonchev–Trinajstić information content (AvgIpc) is 2.28. The average molecular weight is 247 g/mol. The lowest BCUT2D eigenvalue weighted by atomic mass is 10.0. The molecule has 18 heavy (non-hydrogen) atoms. The molecule has 0 bridgehead atoms. The molecule has 1 aliphatic rings. The molecular weight excluding hydrogens is 222 g/mol. The van der Waals surface area contributed by atoms with Crippen LogP contribution in [0.15, 0.2) is 24.3 Å². The molecule has 1 aromatic rings. The van der Waals surface area contributed by atoms with E-state index in [4.69, 9.17) is 4.74 Å². The molecule has 1 aliphatic heterocycles. The molecule has 0 unspecified atom stereocenters. The molecule has 2 rings (SSSR count). The maximum Gasteiger partial charge on any atom is 0.0753 e. The quantitative estimate of drug-likeness (QED) is 0.811. The van der Waals surface area contributed by atoms with E-state index in [1.54, 1.807) is 0 Å². The summed E-state index contributed by atoms with van der Waals surface area (Å²) in [6.45, 7) is 12.7. The Kier molecular flexibility index (Phi) is 4.08. The van der Waals surface area contributed by atoms with Gasteiger partial charge in [-0.15, -0.1) is 0 Å². The molecule has 0 spiro atoms. The molecule has 2 heteroatoms. The van der Waals surface area contributed by atoms with Crippen molar-refractivity contribution in [3.8, 4) is 0 Å². The van der Waals surface area contributed by atoms with Gasteiger partial charge in [-0.2, -0.15) is 0 Å². The molecule has 1 saturated heterocycles. The second-order valence-corrected chi connectivity index (χ2v) is 6.22. The van der Waals surface area contributed by atoms with Gasteiger partial charge in [0.2, 0.25) is 0 Å². The largest absolute Gasteiger partial charge is 0.373 e. The highest BCUT2D eigenvalue weighted by Crippen LogP contribution is 2.20. The summed E-state index contributed by atoms with van der Waals surface area (Å²) in [5.41, 5.74) is 2.81. The minimum absolute atomic E-state index is 0.00385. The molecule has 1 fully saturated rings. The highest BCUT2D eigenvalue weighted by molar-refractivity contribution is 5.24. The number of ether oxygens (including phenoxy) is 1. The maximum atomic E-state index is 5.74. The standard InChI is InChI=1S/C16H25NO/c1-13(2)15-7-5-14(6-8-15)11-17-9-10-18-16(3,4)12-17/h5-8,13H,9-12H2,1-4H3. The fourth-order valence-electron chi connectivity index (χ4n) is 2.52. The summed E-state index contributed by atoms with van der Waals surface area (Å²) in [6.07, 6.45) is 0. The Hall–Kier alpha value is -0.860. The van der Waals surface area contributed by atoms with Gasteiger partial charge in [0.25, 0.3) is 0 Å². The van der Waals surface area contributed by atoms with Crippen molar-refractivity contribution in [1.29, 1.82) is 0 Å². The fraction of sp³-hybridized carbons (Fsp3) is 0.625. The molecule has 1 heterocycles. The topological polar surface area (TPSA) is 12.5 Å². The van der Waals surface area contributed by atoms with Gasteiger partial charge in [-0.3, -0.25) is 4.90 Å². The minimum Gasteiger partial charge on any atom is -0.373 e. The van der Waals surface area contributed by atoms with Crippen LogP contribution in [0.2, 0.25) is 0 Å². The Morgan fingerprint density at radius 2 is 1.89 bits per heavy atom. The molecule has 0 saturated carbocycles. The Morgan fingerprint density at radius 3 is 2.44 bits per heavy atom. The fourth-order valence-corrected chi connectivity index (χ4v) is 2.52. The van der Waals surface area contributed by atoms with E-state index in [9.17, 15) is 0 Å². The third-order valence-corrected chi connectivity index (χ3v) is 3.56. The van der Waals surface area contributed by atoms with Crippen molar-refractivity contribution >= 4 is 0 Å². The molecule has 0 radical (unpaired) electrons. The molecule has 0 atom stereocenters. The van der Waals surface area contributed by atoms with Crippen LogP contribution in [0.4, 0.5) is 0 Å². The summed E-state index contributed by atoms with van der Waals surface area (Å²) >= 11 is 0. The van der Waals surface area contributed by atoms with E-state index in [2.05, 4.69) is 56.9 Å². The molecule has 0 N–H and O–H groups in total. The van der Waals surface area contributed by atoms with E-state index in [0.717, 1.165) is 26.2 Å². The zero-order chi connectivity index (χ0) is 13.2. The summed E-state index contributed by atoms with van der Waals surface area (Å²) in [7, 11) is 0. The van der Waals surface area contributed by atoms with Crippen LogP contribution in [-0.4, -0.2) is 30.2 Å². The lowest BCUT2D eigenvalue weighted by molar-refractivity contribution is -0.0882. The van der Waals surface area contributed by atoms with Crippen LogP contribution in [0.5, 0.6) is 0 Å². The van der Waals surface area contributed by atoms with Crippen molar-refractivity contribution in [2.45, 2.75) is 45.8 Å². The predicted octanol–water partition coefficient (Wildman–Crippen LogP) is 3.42. The number of rotatable bonds is 3. The van der Waals surface area contributed by atoms with Crippen LogP contribution in [0.1, 0.15) is 44.7 Å². The normalized spacial score (nSPS) is 20.3. The Morgan fingerprint density at radius 1 is 1.22 bits per heavy atom. The Bertz CT molecular complexity index is 381. The number of benzene rings is 1. The van der Waals surface area contributed by atoms with Crippen LogP contribution in [0, 0.1) is 0 Å². The van der Waals surface area contributed by atoms with Gasteiger partial charge in [-0.05, 0) is 30.9 Å². The summed E-state index contributed by atoms with van der Waals surface area (Å²) in [5, 5.41) is 0. The second kappa shape index (κ2) is 5.41. The third-order valence-electron chi connectivity index (χ3n) is 3.56. The lowest BCUT2D eigenvalue weighted by Crippen LogP contribution is -2.47.